The predicted molar refractivity (Wildman–Crippen MR) is 82.8 cm³/mol. The number of hydrogen-bond acceptors (Lipinski definition) is 5. The number of likely N-dealkylation sites (N-methyl/N-ethyl adjacent to an activating group) is 1. The molecule has 0 spiro atoms. The van der Waals surface area contributed by atoms with Gasteiger partial charge in [0.2, 0.25) is 0 Å². The van der Waals surface area contributed by atoms with E-state index in [0.29, 0.717) is 17.1 Å². The lowest BCUT2D eigenvalue weighted by Gasteiger charge is -2.21. The Hall–Kier alpha value is -2.78. The second-order valence-electron chi connectivity index (χ2n) is 5.14. The van der Waals surface area contributed by atoms with Crippen molar-refractivity contribution >= 4 is 5.91 Å². The summed E-state index contributed by atoms with van der Waals surface area (Å²) in [6.45, 7) is 1.81. The van der Waals surface area contributed by atoms with Gasteiger partial charge in [-0.25, -0.2) is 0 Å². The van der Waals surface area contributed by atoms with Crippen molar-refractivity contribution in [2.75, 3.05) is 13.7 Å². The number of amides is 1. The van der Waals surface area contributed by atoms with Gasteiger partial charge in [-0.3, -0.25) is 4.79 Å². The summed E-state index contributed by atoms with van der Waals surface area (Å²) in [7, 11) is 1.61. The average Bonchev–Trinajstić information content (AvgIpc) is 3.07. The molecule has 1 amide bonds. The summed E-state index contributed by atoms with van der Waals surface area (Å²) >= 11 is 0. The Labute approximate surface area is 134 Å². The molecule has 0 radical (unpaired) electrons. The summed E-state index contributed by atoms with van der Waals surface area (Å²) in [6, 6.07) is 11.7. The van der Waals surface area contributed by atoms with Crippen molar-refractivity contribution in [2.45, 2.75) is 19.6 Å². The van der Waals surface area contributed by atoms with Crippen LogP contribution in [0.15, 0.2) is 40.8 Å². The number of nitriles is 1. The standard InChI is InChI=1S/C17H18N2O4/c1-12(10-20)19(2)17(21)16-8-7-15(23-16)11-22-14-5-3-13(9-18)4-6-14/h3-8,12,20H,10-11H2,1-2H3. The van der Waals surface area contributed by atoms with Crippen LogP contribution >= 0.6 is 0 Å². The molecule has 0 saturated carbocycles. The zero-order valence-corrected chi connectivity index (χ0v) is 13.0. The van der Waals surface area contributed by atoms with Crippen molar-refractivity contribution in [2.24, 2.45) is 0 Å². The zero-order chi connectivity index (χ0) is 16.8. The number of hydrogen-bond donors (Lipinski definition) is 1. The fourth-order valence-electron chi connectivity index (χ4n) is 1.85. The highest BCUT2D eigenvalue weighted by atomic mass is 16.5. The van der Waals surface area contributed by atoms with Crippen molar-refractivity contribution in [3.63, 3.8) is 0 Å². The number of ether oxygens (including phenoxy) is 1. The van der Waals surface area contributed by atoms with Crippen molar-refractivity contribution < 1.29 is 19.1 Å². The summed E-state index contributed by atoms with van der Waals surface area (Å²) in [4.78, 5) is 13.6. The Balaban J connectivity index is 1.96. The van der Waals surface area contributed by atoms with Gasteiger partial charge in [-0.2, -0.15) is 5.26 Å². The van der Waals surface area contributed by atoms with Crippen molar-refractivity contribution in [3.05, 3.63) is 53.5 Å². The molecule has 2 rings (SSSR count). The third-order valence-electron chi connectivity index (χ3n) is 3.48. The van der Waals surface area contributed by atoms with Gasteiger partial charge in [0.25, 0.3) is 5.91 Å². The molecule has 0 bridgehead atoms. The predicted octanol–water partition coefficient (Wildman–Crippen LogP) is 2.18. The minimum absolute atomic E-state index is 0.113. The number of rotatable bonds is 6. The van der Waals surface area contributed by atoms with Crippen molar-refractivity contribution in [3.8, 4) is 11.8 Å². The SMILES string of the molecule is CC(CO)N(C)C(=O)c1ccc(COc2ccc(C#N)cc2)o1. The maximum Gasteiger partial charge on any atom is 0.289 e. The topological polar surface area (TPSA) is 86.7 Å². The van der Waals surface area contributed by atoms with Gasteiger partial charge < -0.3 is 19.2 Å². The van der Waals surface area contributed by atoms with Gasteiger partial charge in [-0.05, 0) is 43.3 Å². The van der Waals surface area contributed by atoms with Crippen LogP contribution in [0.2, 0.25) is 0 Å². The summed E-state index contributed by atoms with van der Waals surface area (Å²) < 4.78 is 11.0. The summed E-state index contributed by atoms with van der Waals surface area (Å²) in [5, 5.41) is 17.8. The molecule has 1 atom stereocenters. The zero-order valence-electron chi connectivity index (χ0n) is 13.0. The van der Waals surface area contributed by atoms with E-state index in [1.165, 1.54) is 4.90 Å². The molecule has 0 aliphatic carbocycles. The first-order valence-corrected chi connectivity index (χ1v) is 7.15. The molecule has 1 aromatic heterocycles. The molecule has 2 aromatic rings. The number of carbonyl (C=O) groups is 1. The molecule has 23 heavy (non-hydrogen) atoms. The van der Waals surface area contributed by atoms with Gasteiger partial charge in [0.15, 0.2) is 5.76 Å². The van der Waals surface area contributed by atoms with E-state index < -0.39 is 0 Å². The molecule has 0 fully saturated rings. The highest BCUT2D eigenvalue weighted by Gasteiger charge is 2.20. The second-order valence-corrected chi connectivity index (χ2v) is 5.14. The molecule has 0 aliphatic heterocycles. The third-order valence-corrected chi connectivity index (χ3v) is 3.48. The maximum atomic E-state index is 12.2. The van der Waals surface area contributed by atoms with Crippen molar-refractivity contribution in [1.82, 2.24) is 4.90 Å². The molecule has 1 heterocycles. The lowest BCUT2D eigenvalue weighted by molar-refractivity contribution is 0.0647. The van der Waals surface area contributed by atoms with Crippen LogP contribution in [0.4, 0.5) is 0 Å². The molecular formula is C17H18N2O4. The number of carbonyl (C=O) groups excluding carboxylic acids is 1. The van der Waals surface area contributed by atoms with Crippen LogP contribution in [-0.4, -0.2) is 35.6 Å². The number of furan rings is 1. The van der Waals surface area contributed by atoms with E-state index in [1.54, 1.807) is 50.4 Å². The number of aliphatic hydroxyl groups is 1. The summed E-state index contributed by atoms with van der Waals surface area (Å²) in [5.41, 5.74) is 0.560. The lowest BCUT2D eigenvalue weighted by Crippen LogP contribution is -2.37. The third kappa shape index (κ3) is 4.11. The highest BCUT2D eigenvalue weighted by Crippen LogP contribution is 2.16. The first kappa shape index (κ1) is 16.6. The van der Waals surface area contributed by atoms with Gasteiger partial charge in [0, 0.05) is 7.05 Å². The van der Waals surface area contributed by atoms with E-state index in [9.17, 15) is 4.79 Å². The first-order valence-electron chi connectivity index (χ1n) is 7.15. The van der Waals surface area contributed by atoms with Crippen LogP contribution in [0.3, 0.4) is 0 Å². The normalized spacial score (nSPS) is 11.6. The van der Waals surface area contributed by atoms with E-state index in [4.69, 9.17) is 19.5 Å². The van der Waals surface area contributed by atoms with Gasteiger partial charge in [0.1, 0.15) is 18.1 Å². The van der Waals surface area contributed by atoms with Gasteiger partial charge >= 0.3 is 0 Å². The Morgan fingerprint density at radius 3 is 2.65 bits per heavy atom. The van der Waals surface area contributed by atoms with Crippen LogP contribution in [0.1, 0.15) is 28.8 Å². The molecule has 0 aliphatic rings. The molecule has 6 nitrogen and oxygen atoms in total. The van der Waals surface area contributed by atoms with Crippen LogP contribution in [-0.2, 0) is 6.61 Å². The molecule has 6 heteroatoms. The lowest BCUT2D eigenvalue weighted by atomic mass is 10.2. The van der Waals surface area contributed by atoms with Gasteiger partial charge in [0.05, 0.1) is 24.3 Å². The molecule has 1 aromatic carbocycles. The Bertz CT molecular complexity index is 700. The van der Waals surface area contributed by atoms with Crippen molar-refractivity contribution in [1.29, 1.82) is 5.26 Å². The Kier molecular flexibility index (Phi) is 5.39. The highest BCUT2D eigenvalue weighted by molar-refractivity contribution is 5.91. The molecular weight excluding hydrogens is 296 g/mol. The average molecular weight is 314 g/mol. The Morgan fingerprint density at radius 1 is 1.35 bits per heavy atom. The summed E-state index contributed by atoms with van der Waals surface area (Å²) in [5.74, 6) is 1.03. The minimum Gasteiger partial charge on any atom is -0.486 e. The van der Waals surface area contributed by atoms with Crippen LogP contribution in [0, 0.1) is 11.3 Å². The van der Waals surface area contributed by atoms with Gasteiger partial charge in [-0.1, -0.05) is 0 Å². The number of aliphatic hydroxyl groups excluding tert-OH is 1. The Morgan fingerprint density at radius 2 is 2.04 bits per heavy atom. The quantitative estimate of drug-likeness (QED) is 0.883. The van der Waals surface area contributed by atoms with Crippen LogP contribution in [0.25, 0.3) is 0 Å². The van der Waals surface area contributed by atoms with E-state index in [0.717, 1.165) is 0 Å². The van der Waals surface area contributed by atoms with Crippen LogP contribution in [0.5, 0.6) is 5.75 Å². The fraction of sp³-hybridized carbons (Fsp3) is 0.294. The molecule has 120 valence electrons. The van der Waals surface area contributed by atoms with E-state index in [-0.39, 0.29) is 30.9 Å². The maximum absolute atomic E-state index is 12.2. The largest absolute Gasteiger partial charge is 0.486 e. The van der Waals surface area contributed by atoms with Gasteiger partial charge in [-0.15, -0.1) is 0 Å². The fourth-order valence-corrected chi connectivity index (χ4v) is 1.85. The number of nitrogens with zero attached hydrogens (tertiary/aromatic N) is 2. The molecule has 1 unspecified atom stereocenters. The minimum atomic E-state index is -0.295. The van der Waals surface area contributed by atoms with E-state index in [1.807, 2.05) is 6.07 Å². The second kappa shape index (κ2) is 7.47. The summed E-state index contributed by atoms with van der Waals surface area (Å²) in [6.07, 6.45) is 0. The molecule has 1 N–H and O–H groups in total. The van der Waals surface area contributed by atoms with E-state index >= 15 is 0 Å². The number of benzene rings is 1. The first-order chi connectivity index (χ1) is 11.0. The van der Waals surface area contributed by atoms with Crippen LogP contribution < -0.4 is 4.74 Å². The van der Waals surface area contributed by atoms with E-state index in [2.05, 4.69) is 0 Å². The smallest absolute Gasteiger partial charge is 0.289 e. The molecule has 0 saturated heterocycles. The monoisotopic (exact) mass is 314 g/mol.